The van der Waals surface area contributed by atoms with Crippen molar-refractivity contribution in [2.75, 3.05) is 19.0 Å². The largest absolute Gasteiger partial charge is 0.351 e. The van der Waals surface area contributed by atoms with E-state index >= 15 is 0 Å². The monoisotopic (exact) mass is 442 g/mol. The molecule has 0 radical (unpaired) electrons. The van der Waals surface area contributed by atoms with Crippen LogP contribution in [0.3, 0.4) is 0 Å². The van der Waals surface area contributed by atoms with E-state index in [1.807, 2.05) is 32.8 Å². The van der Waals surface area contributed by atoms with Crippen molar-refractivity contribution in [3.05, 3.63) is 77.1 Å². The Kier molecular flexibility index (Phi) is 6.27. The van der Waals surface area contributed by atoms with E-state index < -0.39 is 34.7 Å². The molecule has 5 nitrogen and oxygen atoms in total. The van der Waals surface area contributed by atoms with Gasteiger partial charge in [0.05, 0.1) is 5.69 Å². The van der Waals surface area contributed by atoms with Gasteiger partial charge in [0.2, 0.25) is 0 Å². The number of amides is 2. The molecule has 0 saturated heterocycles. The lowest BCUT2D eigenvalue weighted by atomic mass is 9.88. The van der Waals surface area contributed by atoms with Crippen molar-refractivity contribution in [2.45, 2.75) is 26.3 Å². The molecule has 1 aromatic heterocycles. The number of hydrogen-bond donors (Lipinski definition) is 1. The van der Waals surface area contributed by atoms with Crippen molar-refractivity contribution in [3.8, 4) is 11.3 Å². The number of anilines is 2. The number of carbonyl (C=O) groups is 1. The summed E-state index contributed by atoms with van der Waals surface area (Å²) in [6.45, 7) is 5.70. The lowest BCUT2D eigenvalue weighted by Crippen LogP contribution is -2.37. The molecule has 2 N–H and O–H groups in total. The van der Waals surface area contributed by atoms with E-state index in [1.165, 1.54) is 24.3 Å². The van der Waals surface area contributed by atoms with Gasteiger partial charge in [-0.1, -0.05) is 12.1 Å². The molecular weight excluding hydrogens is 417 g/mol. The Morgan fingerprint density at radius 3 is 2.16 bits per heavy atom. The highest BCUT2D eigenvalue weighted by Gasteiger charge is 2.30. The maximum absolute atomic E-state index is 14.5. The molecule has 3 rings (SSSR count). The van der Waals surface area contributed by atoms with E-state index in [4.69, 9.17) is 5.73 Å². The van der Waals surface area contributed by atoms with Crippen LogP contribution in [0.15, 0.2) is 48.5 Å². The Balaban J connectivity index is 2.33. The number of para-hydroxylation sites is 1. The number of hydrogen-bond acceptors (Lipinski definition) is 3. The Morgan fingerprint density at radius 1 is 1.00 bits per heavy atom. The van der Waals surface area contributed by atoms with Gasteiger partial charge < -0.3 is 10.6 Å². The highest BCUT2D eigenvalue weighted by Crippen LogP contribution is 2.38. The zero-order valence-corrected chi connectivity index (χ0v) is 18.6. The third-order valence-corrected chi connectivity index (χ3v) is 5.71. The summed E-state index contributed by atoms with van der Waals surface area (Å²) in [7, 11) is 3.80. The van der Waals surface area contributed by atoms with E-state index in [1.54, 1.807) is 19.1 Å². The first-order chi connectivity index (χ1) is 14.9. The van der Waals surface area contributed by atoms with Gasteiger partial charge in [-0.15, -0.1) is 0 Å². The van der Waals surface area contributed by atoms with Gasteiger partial charge in [0.25, 0.3) is 0 Å². The predicted molar refractivity (Wildman–Crippen MR) is 119 cm³/mol. The van der Waals surface area contributed by atoms with Gasteiger partial charge in [0.15, 0.2) is 0 Å². The summed E-state index contributed by atoms with van der Waals surface area (Å²) in [6.07, 6.45) is 0. The minimum Gasteiger partial charge on any atom is -0.351 e. The van der Waals surface area contributed by atoms with E-state index in [2.05, 4.69) is 4.98 Å². The van der Waals surface area contributed by atoms with Crippen LogP contribution in [-0.4, -0.2) is 30.0 Å². The van der Waals surface area contributed by atoms with Gasteiger partial charge in [-0.05, 0) is 82.4 Å². The smallest absolute Gasteiger partial charge is 0.325 e. The van der Waals surface area contributed by atoms with Crippen LogP contribution >= 0.6 is 0 Å². The Morgan fingerprint density at radius 2 is 1.62 bits per heavy atom. The Hall–Kier alpha value is -3.39. The van der Waals surface area contributed by atoms with Crippen molar-refractivity contribution >= 4 is 17.5 Å². The zero-order chi connectivity index (χ0) is 23.8. The average molecular weight is 442 g/mol. The topological polar surface area (TPSA) is 62.5 Å². The van der Waals surface area contributed by atoms with Gasteiger partial charge in [-0.2, -0.15) is 0 Å². The normalized spacial score (nSPS) is 11.7. The second-order valence-electron chi connectivity index (χ2n) is 8.22. The molecule has 0 fully saturated rings. The van der Waals surface area contributed by atoms with Gasteiger partial charge in [0, 0.05) is 11.1 Å². The molecule has 0 saturated carbocycles. The van der Waals surface area contributed by atoms with Crippen molar-refractivity contribution in [1.29, 1.82) is 0 Å². The molecule has 0 bridgehead atoms. The first-order valence-corrected chi connectivity index (χ1v) is 9.94. The van der Waals surface area contributed by atoms with Crippen LogP contribution in [0.4, 0.5) is 29.5 Å². The van der Waals surface area contributed by atoms with Gasteiger partial charge in [0.1, 0.15) is 29.0 Å². The molecule has 0 aliphatic heterocycles. The standard InChI is InChI=1S/C24H25F3N4O/c1-14-13-15(25)9-10-16(14)21-17(24(2,3)30(4)5)11-12-20(29-21)31(23(28)32)22-18(26)7-6-8-19(22)27/h6-13H,1-5H3,(H2,28,32). The molecule has 2 amide bonds. The maximum Gasteiger partial charge on any atom is 0.325 e. The molecule has 0 aliphatic rings. The number of primary amides is 1. The number of aromatic nitrogens is 1. The molecule has 0 spiro atoms. The number of pyridine rings is 1. The molecule has 3 aromatic rings. The number of nitrogens with zero attached hydrogens (tertiary/aromatic N) is 3. The molecule has 2 aromatic carbocycles. The molecule has 0 unspecified atom stereocenters. The number of nitrogens with two attached hydrogens (primary N) is 1. The van der Waals surface area contributed by atoms with Gasteiger partial charge in [-0.25, -0.2) is 27.8 Å². The minimum absolute atomic E-state index is 0.0569. The minimum atomic E-state index is -1.09. The quantitative estimate of drug-likeness (QED) is 0.569. The van der Waals surface area contributed by atoms with Crippen LogP contribution in [0, 0.1) is 24.4 Å². The van der Waals surface area contributed by atoms with Crippen LogP contribution in [0.1, 0.15) is 25.0 Å². The van der Waals surface area contributed by atoms with E-state index in [0.29, 0.717) is 21.7 Å². The van der Waals surface area contributed by atoms with Crippen molar-refractivity contribution < 1.29 is 18.0 Å². The lowest BCUT2D eigenvalue weighted by molar-refractivity contribution is 0.198. The number of carbonyl (C=O) groups excluding carboxylic acids is 1. The third-order valence-electron chi connectivity index (χ3n) is 5.71. The SMILES string of the molecule is Cc1cc(F)ccc1-c1nc(N(C(N)=O)c2c(F)cccc2F)ccc1C(C)(C)N(C)C. The average Bonchev–Trinajstić information content (AvgIpc) is 2.70. The van der Waals surface area contributed by atoms with Gasteiger partial charge in [-0.3, -0.25) is 0 Å². The van der Waals surface area contributed by atoms with Crippen molar-refractivity contribution in [3.63, 3.8) is 0 Å². The van der Waals surface area contributed by atoms with Crippen LogP contribution in [0.5, 0.6) is 0 Å². The highest BCUT2D eigenvalue weighted by atomic mass is 19.1. The zero-order valence-electron chi connectivity index (χ0n) is 18.6. The number of aryl methyl sites for hydroxylation is 1. The molecule has 168 valence electrons. The molecule has 0 aliphatic carbocycles. The van der Waals surface area contributed by atoms with E-state index in [9.17, 15) is 18.0 Å². The summed E-state index contributed by atoms with van der Waals surface area (Å²) < 4.78 is 42.7. The molecule has 0 atom stereocenters. The fourth-order valence-electron chi connectivity index (χ4n) is 3.45. The summed E-state index contributed by atoms with van der Waals surface area (Å²) >= 11 is 0. The summed E-state index contributed by atoms with van der Waals surface area (Å²) in [6, 6.07) is 9.65. The third kappa shape index (κ3) is 4.18. The van der Waals surface area contributed by atoms with Gasteiger partial charge >= 0.3 is 6.03 Å². The highest BCUT2D eigenvalue weighted by molar-refractivity contribution is 5.98. The molecule has 1 heterocycles. The van der Waals surface area contributed by atoms with Crippen molar-refractivity contribution in [1.82, 2.24) is 9.88 Å². The number of halogens is 3. The summed E-state index contributed by atoms with van der Waals surface area (Å²) in [4.78, 5) is 19.6. The first-order valence-electron chi connectivity index (χ1n) is 9.94. The van der Waals surface area contributed by atoms with Crippen LogP contribution in [0.25, 0.3) is 11.3 Å². The number of urea groups is 1. The van der Waals surface area contributed by atoms with Crippen LogP contribution in [-0.2, 0) is 5.54 Å². The second kappa shape index (κ2) is 8.63. The second-order valence-corrected chi connectivity index (χ2v) is 8.22. The molecular formula is C24H25F3N4O. The maximum atomic E-state index is 14.5. The fourth-order valence-corrected chi connectivity index (χ4v) is 3.45. The summed E-state index contributed by atoms with van der Waals surface area (Å²) in [5, 5.41) is 0. The Labute approximate surface area is 185 Å². The molecule has 8 heteroatoms. The van der Waals surface area contributed by atoms with Crippen LogP contribution in [0.2, 0.25) is 0 Å². The fraction of sp³-hybridized carbons (Fsp3) is 0.250. The number of benzene rings is 2. The predicted octanol–water partition coefficient (Wildman–Crippen LogP) is 5.49. The Bertz CT molecular complexity index is 1160. The van der Waals surface area contributed by atoms with Crippen molar-refractivity contribution in [2.24, 2.45) is 5.73 Å². The lowest BCUT2D eigenvalue weighted by Gasteiger charge is -2.35. The number of rotatable bonds is 5. The first kappa shape index (κ1) is 23.3. The van der Waals surface area contributed by atoms with E-state index in [0.717, 1.165) is 17.7 Å². The van der Waals surface area contributed by atoms with Crippen LogP contribution < -0.4 is 10.6 Å². The summed E-state index contributed by atoms with van der Waals surface area (Å²) in [5.41, 5.74) is 6.84. The summed E-state index contributed by atoms with van der Waals surface area (Å²) in [5.74, 6) is -2.37. The van der Waals surface area contributed by atoms with E-state index in [-0.39, 0.29) is 5.82 Å². The molecule has 32 heavy (non-hydrogen) atoms.